The standard InChI is InChI=1S/C18H30N2/c1-4-13-19-14-18(11-5-6-12-18)15-20(3)17-9-7-16(2)8-10-17/h7-10,19H,4-6,11-15H2,1-3H3. The predicted molar refractivity (Wildman–Crippen MR) is 88.5 cm³/mol. The lowest BCUT2D eigenvalue weighted by atomic mass is 9.85. The number of benzene rings is 1. The predicted octanol–water partition coefficient (Wildman–Crippen LogP) is 3.99. The number of hydrogen-bond donors (Lipinski definition) is 1. The van der Waals surface area contributed by atoms with E-state index in [-0.39, 0.29) is 0 Å². The quantitative estimate of drug-likeness (QED) is 0.756. The normalized spacial score (nSPS) is 17.4. The zero-order chi connectivity index (χ0) is 14.4. The van der Waals surface area contributed by atoms with Crippen LogP contribution in [0, 0.1) is 12.3 Å². The van der Waals surface area contributed by atoms with Gasteiger partial charge in [0.25, 0.3) is 0 Å². The first-order valence-corrected chi connectivity index (χ1v) is 8.14. The summed E-state index contributed by atoms with van der Waals surface area (Å²) in [4.78, 5) is 2.44. The van der Waals surface area contributed by atoms with Gasteiger partial charge in [-0.05, 0) is 44.9 Å². The summed E-state index contributed by atoms with van der Waals surface area (Å²) in [5.41, 5.74) is 3.16. The molecule has 112 valence electrons. The minimum atomic E-state index is 0.481. The summed E-state index contributed by atoms with van der Waals surface area (Å²) in [5.74, 6) is 0. The number of hydrogen-bond acceptors (Lipinski definition) is 2. The third-order valence-corrected chi connectivity index (χ3v) is 4.64. The van der Waals surface area contributed by atoms with Crippen LogP contribution in [-0.4, -0.2) is 26.7 Å². The molecule has 0 aliphatic heterocycles. The van der Waals surface area contributed by atoms with Crippen LogP contribution in [0.15, 0.2) is 24.3 Å². The Morgan fingerprint density at radius 3 is 2.40 bits per heavy atom. The molecule has 0 aromatic heterocycles. The maximum absolute atomic E-state index is 3.66. The van der Waals surface area contributed by atoms with Gasteiger partial charge in [-0.3, -0.25) is 0 Å². The molecule has 2 rings (SSSR count). The molecule has 0 radical (unpaired) electrons. The summed E-state index contributed by atoms with van der Waals surface area (Å²) in [7, 11) is 2.24. The molecular weight excluding hydrogens is 244 g/mol. The molecule has 20 heavy (non-hydrogen) atoms. The number of nitrogens with one attached hydrogen (secondary N) is 1. The molecule has 1 aromatic carbocycles. The lowest BCUT2D eigenvalue weighted by Crippen LogP contribution is -2.41. The van der Waals surface area contributed by atoms with E-state index in [2.05, 4.69) is 55.4 Å². The van der Waals surface area contributed by atoms with Gasteiger partial charge in [-0.1, -0.05) is 37.5 Å². The highest BCUT2D eigenvalue weighted by molar-refractivity contribution is 5.47. The van der Waals surface area contributed by atoms with Gasteiger partial charge in [0.2, 0.25) is 0 Å². The first-order chi connectivity index (χ1) is 9.65. The summed E-state index contributed by atoms with van der Waals surface area (Å²) in [6.45, 7) is 7.89. The molecule has 1 saturated carbocycles. The molecule has 0 heterocycles. The van der Waals surface area contributed by atoms with E-state index in [1.807, 2.05) is 0 Å². The number of rotatable bonds is 7. The maximum atomic E-state index is 3.66. The van der Waals surface area contributed by atoms with E-state index in [0.717, 1.165) is 6.54 Å². The van der Waals surface area contributed by atoms with Crippen LogP contribution >= 0.6 is 0 Å². The Morgan fingerprint density at radius 2 is 1.80 bits per heavy atom. The van der Waals surface area contributed by atoms with Gasteiger partial charge in [0.15, 0.2) is 0 Å². The molecule has 0 unspecified atom stereocenters. The van der Waals surface area contributed by atoms with Gasteiger partial charge in [0.1, 0.15) is 0 Å². The van der Waals surface area contributed by atoms with Crippen molar-refractivity contribution in [1.29, 1.82) is 0 Å². The molecule has 0 atom stereocenters. The highest BCUT2D eigenvalue weighted by Crippen LogP contribution is 2.38. The minimum Gasteiger partial charge on any atom is -0.374 e. The molecule has 1 fully saturated rings. The molecular formula is C18H30N2. The van der Waals surface area contributed by atoms with Crippen molar-refractivity contribution < 1.29 is 0 Å². The Balaban J connectivity index is 1.98. The molecule has 2 heteroatoms. The lowest BCUT2D eigenvalue weighted by Gasteiger charge is -2.35. The third-order valence-electron chi connectivity index (χ3n) is 4.64. The van der Waals surface area contributed by atoms with Crippen LogP contribution in [0.25, 0.3) is 0 Å². The van der Waals surface area contributed by atoms with E-state index in [4.69, 9.17) is 0 Å². The SMILES string of the molecule is CCCNCC1(CN(C)c2ccc(C)cc2)CCCC1. The summed E-state index contributed by atoms with van der Waals surface area (Å²) < 4.78 is 0. The second-order valence-electron chi connectivity index (χ2n) is 6.58. The van der Waals surface area contributed by atoms with Crippen molar-refractivity contribution >= 4 is 5.69 Å². The van der Waals surface area contributed by atoms with Gasteiger partial charge < -0.3 is 10.2 Å². The van der Waals surface area contributed by atoms with Gasteiger partial charge in [0, 0.05) is 31.2 Å². The van der Waals surface area contributed by atoms with E-state index in [9.17, 15) is 0 Å². The smallest absolute Gasteiger partial charge is 0.0363 e. The van der Waals surface area contributed by atoms with Crippen molar-refractivity contribution in [1.82, 2.24) is 5.32 Å². The van der Waals surface area contributed by atoms with Crippen molar-refractivity contribution in [3.63, 3.8) is 0 Å². The number of aryl methyl sites for hydroxylation is 1. The monoisotopic (exact) mass is 274 g/mol. The molecule has 2 nitrogen and oxygen atoms in total. The summed E-state index contributed by atoms with van der Waals surface area (Å²) >= 11 is 0. The zero-order valence-electron chi connectivity index (χ0n) is 13.4. The number of nitrogens with zero attached hydrogens (tertiary/aromatic N) is 1. The van der Waals surface area contributed by atoms with E-state index in [0.29, 0.717) is 5.41 Å². The summed E-state index contributed by atoms with van der Waals surface area (Å²) in [5, 5.41) is 3.66. The first-order valence-electron chi connectivity index (χ1n) is 8.14. The molecule has 0 spiro atoms. The van der Waals surface area contributed by atoms with Crippen LogP contribution in [-0.2, 0) is 0 Å². The first kappa shape index (κ1) is 15.4. The van der Waals surface area contributed by atoms with E-state index in [1.54, 1.807) is 0 Å². The fourth-order valence-corrected chi connectivity index (χ4v) is 3.44. The van der Waals surface area contributed by atoms with Crippen molar-refractivity contribution in [3.8, 4) is 0 Å². The highest BCUT2D eigenvalue weighted by Gasteiger charge is 2.34. The molecule has 1 N–H and O–H groups in total. The summed E-state index contributed by atoms with van der Waals surface area (Å²) in [6.07, 6.45) is 6.77. The highest BCUT2D eigenvalue weighted by atomic mass is 15.1. The Labute approximate surface area is 124 Å². The molecule has 1 aromatic rings. The van der Waals surface area contributed by atoms with Gasteiger partial charge in [-0.2, -0.15) is 0 Å². The Morgan fingerprint density at radius 1 is 1.15 bits per heavy atom. The molecule has 0 amide bonds. The van der Waals surface area contributed by atoms with Crippen molar-refractivity contribution in [2.24, 2.45) is 5.41 Å². The number of anilines is 1. The van der Waals surface area contributed by atoms with Gasteiger partial charge in [-0.15, -0.1) is 0 Å². The zero-order valence-corrected chi connectivity index (χ0v) is 13.4. The van der Waals surface area contributed by atoms with Crippen LogP contribution in [0.3, 0.4) is 0 Å². The second-order valence-corrected chi connectivity index (χ2v) is 6.58. The molecule has 0 bridgehead atoms. The fraction of sp³-hybridized carbons (Fsp3) is 0.667. The minimum absolute atomic E-state index is 0.481. The molecule has 1 aliphatic carbocycles. The van der Waals surface area contributed by atoms with E-state index < -0.39 is 0 Å². The van der Waals surface area contributed by atoms with Gasteiger partial charge in [0.05, 0.1) is 0 Å². The average Bonchev–Trinajstić information content (AvgIpc) is 2.88. The fourth-order valence-electron chi connectivity index (χ4n) is 3.44. The Kier molecular flexibility index (Phi) is 5.47. The molecule has 0 saturated heterocycles. The van der Waals surface area contributed by atoms with Gasteiger partial charge >= 0.3 is 0 Å². The third kappa shape index (κ3) is 3.99. The summed E-state index contributed by atoms with van der Waals surface area (Å²) in [6, 6.07) is 8.92. The van der Waals surface area contributed by atoms with E-state index in [1.165, 1.54) is 56.4 Å². The average molecular weight is 274 g/mol. The van der Waals surface area contributed by atoms with Crippen LogP contribution in [0.1, 0.15) is 44.6 Å². The van der Waals surface area contributed by atoms with Crippen LogP contribution in [0.4, 0.5) is 5.69 Å². The van der Waals surface area contributed by atoms with E-state index >= 15 is 0 Å². The van der Waals surface area contributed by atoms with Crippen LogP contribution in [0.2, 0.25) is 0 Å². The Bertz CT molecular complexity index is 390. The van der Waals surface area contributed by atoms with Crippen LogP contribution < -0.4 is 10.2 Å². The van der Waals surface area contributed by atoms with Crippen molar-refractivity contribution in [3.05, 3.63) is 29.8 Å². The Hall–Kier alpha value is -1.02. The maximum Gasteiger partial charge on any atom is 0.0363 e. The van der Waals surface area contributed by atoms with Crippen LogP contribution in [0.5, 0.6) is 0 Å². The van der Waals surface area contributed by atoms with Gasteiger partial charge in [-0.25, -0.2) is 0 Å². The lowest BCUT2D eigenvalue weighted by molar-refractivity contribution is 0.287. The molecule has 1 aliphatic rings. The van der Waals surface area contributed by atoms with Crippen molar-refractivity contribution in [2.45, 2.75) is 46.0 Å². The van der Waals surface area contributed by atoms with Crippen molar-refractivity contribution in [2.75, 3.05) is 31.6 Å². The topological polar surface area (TPSA) is 15.3 Å². The largest absolute Gasteiger partial charge is 0.374 e. The second kappa shape index (κ2) is 7.12.